The molecule has 6 heteroatoms. The Labute approximate surface area is 125 Å². The van der Waals surface area contributed by atoms with Crippen LogP contribution in [0.1, 0.15) is 34.8 Å². The van der Waals surface area contributed by atoms with Crippen molar-refractivity contribution in [1.29, 1.82) is 0 Å². The Morgan fingerprint density at radius 1 is 1.29 bits per heavy atom. The van der Waals surface area contributed by atoms with Crippen LogP contribution in [0.3, 0.4) is 0 Å². The van der Waals surface area contributed by atoms with Crippen LogP contribution < -0.4 is 5.32 Å². The molecule has 1 amide bonds. The second-order valence-electron chi connectivity index (χ2n) is 4.23. The zero-order valence-electron chi connectivity index (χ0n) is 13.6. The first-order valence-corrected chi connectivity index (χ1v) is 6.13. The van der Waals surface area contributed by atoms with Gasteiger partial charge in [-0.15, -0.1) is 0 Å². The topological polar surface area (TPSA) is 81.2 Å². The Morgan fingerprint density at radius 2 is 2.05 bits per heavy atom. The number of aromatic nitrogens is 2. The molecule has 108 valence electrons. The molecule has 0 aliphatic carbocycles. The van der Waals surface area contributed by atoms with Crippen molar-refractivity contribution in [2.24, 2.45) is 0 Å². The minimum Gasteiger partial charge on any atom is -0.464 e. The van der Waals surface area contributed by atoms with Crippen LogP contribution in [0.2, 0.25) is 0 Å². The highest BCUT2D eigenvalue weighted by Crippen LogP contribution is 2.04. The number of amides is 1. The Balaban J connectivity index is 2.23. The fourth-order valence-electron chi connectivity index (χ4n) is 1.61. The lowest BCUT2D eigenvalue weighted by Crippen LogP contribution is -2.24. The zero-order valence-corrected chi connectivity index (χ0v) is 11.6. The summed E-state index contributed by atoms with van der Waals surface area (Å²) in [6.45, 7) is -0.256. The number of ether oxygens (including phenoxy) is 1. The van der Waals surface area contributed by atoms with Gasteiger partial charge in [0.1, 0.15) is 12.0 Å². The van der Waals surface area contributed by atoms with Gasteiger partial charge in [-0.1, -0.05) is 29.8 Å². The van der Waals surface area contributed by atoms with E-state index in [1.54, 1.807) is 18.2 Å². The van der Waals surface area contributed by atoms with Crippen LogP contribution in [-0.2, 0) is 11.2 Å². The standard InChI is InChI=1S/C15H15N3O3/c1-10-4-3-5-11(6-10)8-16-14(19)12-7-13(15(20)21-2)18-9-17-12/h3-7,9H,8H2,1-2H3,(H,16,19)/i8D2. The lowest BCUT2D eigenvalue weighted by atomic mass is 10.1. The number of nitrogens with one attached hydrogen (secondary N) is 1. The maximum absolute atomic E-state index is 12.2. The molecule has 1 N–H and O–H groups in total. The van der Waals surface area contributed by atoms with Crippen molar-refractivity contribution in [3.05, 3.63) is 59.2 Å². The molecule has 1 aromatic heterocycles. The Hall–Kier alpha value is -2.76. The molecule has 0 unspecified atom stereocenters. The van der Waals surface area contributed by atoms with Crippen LogP contribution >= 0.6 is 0 Å². The first-order valence-electron chi connectivity index (χ1n) is 7.13. The molecule has 0 aliphatic heterocycles. The van der Waals surface area contributed by atoms with Gasteiger partial charge in [0.2, 0.25) is 0 Å². The van der Waals surface area contributed by atoms with Gasteiger partial charge in [0.25, 0.3) is 5.91 Å². The number of methoxy groups -OCH3 is 1. The minimum absolute atomic E-state index is 0.0798. The number of nitrogens with zero attached hydrogens (tertiary/aromatic N) is 2. The summed E-state index contributed by atoms with van der Waals surface area (Å²) in [6.07, 6.45) is 1.05. The van der Waals surface area contributed by atoms with Crippen molar-refractivity contribution < 1.29 is 17.1 Å². The number of carbonyl (C=O) groups is 2. The van der Waals surface area contributed by atoms with Gasteiger partial charge in [-0.25, -0.2) is 14.8 Å². The van der Waals surface area contributed by atoms with Crippen LogP contribution in [0, 0.1) is 6.92 Å². The van der Waals surface area contributed by atoms with E-state index in [9.17, 15) is 9.59 Å². The van der Waals surface area contributed by atoms with E-state index in [1.165, 1.54) is 7.11 Å². The third kappa shape index (κ3) is 3.85. The summed E-state index contributed by atoms with van der Waals surface area (Å²) in [6, 6.07) is 7.89. The second kappa shape index (κ2) is 6.60. The van der Waals surface area contributed by atoms with E-state index in [2.05, 4.69) is 20.0 Å². The van der Waals surface area contributed by atoms with E-state index in [0.29, 0.717) is 5.56 Å². The molecular formula is C15H15N3O3. The molecule has 1 heterocycles. The predicted molar refractivity (Wildman–Crippen MR) is 75.7 cm³/mol. The van der Waals surface area contributed by atoms with Crippen LogP contribution in [0.5, 0.6) is 0 Å². The molecule has 0 saturated carbocycles. The molecule has 0 fully saturated rings. The van der Waals surface area contributed by atoms with Gasteiger partial charge in [-0.3, -0.25) is 4.79 Å². The van der Waals surface area contributed by atoms with E-state index in [1.807, 2.05) is 13.0 Å². The number of benzene rings is 1. The summed E-state index contributed by atoms with van der Waals surface area (Å²) >= 11 is 0. The molecule has 0 radical (unpaired) electrons. The van der Waals surface area contributed by atoms with Gasteiger partial charge in [0.15, 0.2) is 5.69 Å². The van der Waals surface area contributed by atoms with Gasteiger partial charge in [0, 0.05) is 12.6 Å². The van der Waals surface area contributed by atoms with Crippen molar-refractivity contribution >= 4 is 11.9 Å². The highest BCUT2D eigenvalue weighted by Gasteiger charge is 2.13. The summed E-state index contributed by atoms with van der Waals surface area (Å²) in [4.78, 5) is 31.1. The molecule has 2 rings (SSSR count). The number of aryl methyl sites for hydroxylation is 1. The number of hydrogen-bond donors (Lipinski definition) is 1. The number of rotatable bonds is 4. The summed E-state index contributed by atoms with van der Waals surface area (Å²) in [5.41, 5.74) is 0.976. The maximum Gasteiger partial charge on any atom is 0.356 e. The highest BCUT2D eigenvalue weighted by molar-refractivity contribution is 5.95. The van der Waals surface area contributed by atoms with Gasteiger partial charge in [0.05, 0.1) is 9.85 Å². The van der Waals surface area contributed by atoms with Crippen LogP contribution in [0.4, 0.5) is 0 Å². The normalized spacial score (nSPS) is 12.1. The Morgan fingerprint density at radius 3 is 2.76 bits per heavy atom. The molecule has 0 atom stereocenters. The van der Waals surface area contributed by atoms with E-state index >= 15 is 0 Å². The van der Waals surface area contributed by atoms with Crippen molar-refractivity contribution in [2.75, 3.05) is 7.11 Å². The van der Waals surface area contributed by atoms with Gasteiger partial charge in [-0.2, -0.15) is 0 Å². The average Bonchev–Trinajstić information content (AvgIpc) is 2.54. The van der Waals surface area contributed by atoms with Gasteiger partial charge < -0.3 is 10.1 Å². The zero-order chi connectivity index (χ0) is 17.0. The van der Waals surface area contributed by atoms with Crippen molar-refractivity contribution in [3.8, 4) is 0 Å². The third-order valence-electron chi connectivity index (χ3n) is 2.63. The summed E-state index contributed by atoms with van der Waals surface area (Å²) < 4.78 is 20.6. The van der Waals surface area contributed by atoms with E-state index in [-0.39, 0.29) is 11.4 Å². The maximum atomic E-state index is 12.2. The molecule has 0 saturated heterocycles. The van der Waals surface area contributed by atoms with Crippen molar-refractivity contribution in [2.45, 2.75) is 13.4 Å². The average molecular weight is 287 g/mol. The van der Waals surface area contributed by atoms with Crippen molar-refractivity contribution in [1.82, 2.24) is 15.3 Å². The van der Waals surface area contributed by atoms with E-state index in [0.717, 1.165) is 18.0 Å². The first-order chi connectivity index (χ1) is 10.8. The van der Waals surface area contributed by atoms with Crippen LogP contribution in [-0.4, -0.2) is 29.0 Å². The summed E-state index contributed by atoms with van der Waals surface area (Å²) in [7, 11) is 1.19. The van der Waals surface area contributed by atoms with Crippen molar-refractivity contribution in [3.63, 3.8) is 0 Å². The number of hydrogen-bond acceptors (Lipinski definition) is 5. The SMILES string of the molecule is [2H]C([2H])(NC(=O)c1cc(C(=O)OC)ncn1)c1cccc(C)c1. The monoisotopic (exact) mass is 287 g/mol. The molecule has 2 aromatic rings. The highest BCUT2D eigenvalue weighted by atomic mass is 16.5. The van der Waals surface area contributed by atoms with Gasteiger partial charge in [-0.05, 0) is 12.5 Å². The molecule has 1 aromatic carbocycles. The molecule has 0 aliphatic rings. The summed E-state index contributed by atoms with van der Waals surface area (Å²) in [5.74, 6) is -1.47. The molecule has 21 heavy (non-hydrogen) atoms. The van der Waals surface area contributed by atoms with Gasteiger partial charge >= 0.3 is 5.97 Å². The minimum atomic E-state index is -2.08. The predicted octanol–water partition coefficient (Wildman–Crippen LogP) is 1.50. The lowest BCUT2D eigenvalue weighted by Gasteiger charge is -2.06. The largest absolute Gasteiger partial charge is 0.464 e. The smallest absolute Gasteiger partial charge is 0.356 e. The molecular weight excluding hydrogens is 270 g/mol. The fourth-order valence-corrected chi connectivity index (χ4v) is 1.61. The molecule has 0 bridgehead atoms. The van der Waals surface area contributed by atoms with E-state index in [4.69, 9.17) is 2.74 Å². The fraction of sp³-hybridized carbons (Fsp3) is 0.200. The second-order valence-corrected chi connectivity index (χ2v) is 4.23. The van der Waals surface area contributed by atoms with E-state index < -0.39 is 18.4 Å². The quantitative estimate of drug-likeness (QED) is 0.862. The Kier molecular flexibility index (Phi) is 3.78. The van der Waals surface area contributed by atoms with Crippen LogP contribution in [0.15, 0.2) is 36.7 Å². The molecule has 0 spiro atoms. The summed E-state index contributed by atoms with van der Waals surface area (Å²) in [5, 5.41) is 2.25. The lowest BCUT2D eigenvalue weighted by molar-refractivity contribution is 0.0593. The third-order valence-corrected chi connectivity index (χ3v) is 2.63. The Bertz CT molecular complexity index is 750. The molecule has 6 nitrogen and oxygen atoms in total. The first kappa shape index (κ1) is 12.0. The van der Waals surface area contributed by atoms with Crippen LogP contribution in [0.25, 0.3) is 0 Å². The number of esters is 1. The number of carbonyl (C=O) groups excluding carboxylic acids is 2.